The normalized spacial score (nSPS) is 22.7. The number of piperidine rings is 1. The minimum Gasteiger partial charge on any atom is -0.327 e. The fraction of sp³-hybridized carbons (Fsp3) is 0.421. The molecule has 3 aliphatic rings. The number of allylic oxidation sites excluding steroid dienone is 2. The number of carbonyl (C=O) groups is 4. The molecule has 7 rings (SSSR count). The molecular weight excluding hydrogens is 684 g/mol. The van der Waals surface area contributed by atoms with Gasteiger partial charge in [-0.2, -0.15) is 5.10 Å². The van der Waals surface area contributed by atoms with Crippen LogP contribution in [0.4, 0.5) is 0 Å². The Bertz CT molecular complexity index is 2040. The van der Waals surface area contributed by atoms with Gasteiger partial charge >= 0.3 is 0 Å². The van der Waals surface area contributed by atoms with Crippen molar-refractivity contribution in [3.05, 3.63) is 81.8 Å². The van der Waals surface area contributed by atoms with Gasteiger partial charge in [0.05, 0.1) is 23.7 Å². The van der Waals surface area contributed by atoms with Crippen molar-refractivity contribution in [2.75, 3.05) is 0 Å². The fourth-order valence-electron chi connectivity index (χ4n) is 7.74. The summed E-state index contributed by atoms with van der Waals surface area (Å²) in [4.78, 5) is 69.5. The van der Waals surface area contributed by atoms with Crippen molar-refractivity contribution in [1.29, 1.82) is 0 Å². The number of amides is 1. The third-order valence-corrected chi connectivity index (χ3v) is 10.9. The Morgan fingerprint density at radius 1 is 1.02 bits per heavy atom. The summed E-state index contributed by atoms with van der Waals surface area (Å²) in [6.45, 7) is 5.13. The van der Waals surface area contributed by atoms with Crippen molar-refractivity contribution >= 4 is 50.1 Å². The maximum Gasteiger partial charge on any atom is 0.245 e. The molecule has 2 aliphatic heterocycles. The van der Waals surface area contributed by atoms with Crippen molar-refractivity contribution in [1.82, 2.24) is 29.6 Å². The number of hydrogen-bond acceptors (Lipinski definition) is 8. The zero-order valence-corrected chi connectivity index (χ0v) is 29.6. The van der Waals surface area contributed by atoms with E-state index in [-0.39, 0.29) is 47.7 Å². The molecule has 0 N–H and O–H groups in total. The number of nitrogens with zero attached hydrogens (tertiary/aromatic N) is 6. The number of halogens is 1. The number of aryl methyl sites for hydroxylation is 2. The first-order valence-corrected chi connectivity index (χ1v) is 17.8. The van der Waals surface area contributed by atoms with Gasteiger partial charge in [0.2, 0.25) is 5.91 Å². The number of carbonyl (C=O) groups excluding carboxylic acids is 4. The molecule has 252 valence electrons. The number of Topliss-reactive ketones (excluding diaryl/α,β-unsaturated/α-hetero) is 3. The summed E-state index contributed by atoms with van der Waals surface area (Å²) in [5.74, 6) is 0.418. The van der Waals surface area contributed by atoms with E-state index >= 15 is 0 Å². The first-order chi connectivity index (χ1) is 23.5. The minimum absolute atomic E-state index is 0.0557. The number of ketones is 3. The summed E-state index contributed by atoms with van der Waals surface area (Å²) in [5, 5.41) is 5.41. The Kier molecular flexibility index (Phi) is 8.89. The Morgan fingerprint density at radius 2 is 1.82 bits per heavy atom. The molecule has 1 saturated carbocycles. The van der Waals surface area contributed by atoms with Crippen LogP contribution >= 0.6 is 15.9 Å². The van der Waals surface area contributed by atoms with Crippen LogP contribution in [0.15, 0.2) is 53.4 Å². The molecule has 4 aromatic rings. The molecule has 1 aromatic carbocycles. The molecule has 1 aliphatic carbocycles. The van der Waals surface area contributed by atoms with Crippen LogP contribution in [0, 0.1) is 19.3 Å². The lowest BCUT2D eigenvalue weighted by Gasteiger charge is -2.27. The predicted molar refractivity (Wildman–Crippen MR) is 188 cm³/mol. The largest absolute Gasteiger partial charge is 0.327 e. The predicted octanol–water partition coefficient (Wildman–Crippen LogP) is 6.27. The van der Waals surface area contributed by atoms with E-state index in [1.807, 2.05) is 38.1 Å². The van der Waals surface area contributed by atoms with Gasteiger partial charge in [0.1, 0.15) is 28.4 Å². The quantitative estimate of drug-likeness (QED) is 0.134. The molecule has 5 heterocycles. The third-order valence-electron chi connectivity index (χ3n) is 10.5. The van der Waals surface area contributed by atoms with Crippen LogP contribution in [0.3, 0.4) is 0 Å². The van der Waals surface area contributed by atoms with E-state index < -0.39 is 6.04 Å². The number of pyridine rings is 1. The molecule has 49 heavy (non-hydrogen) atoms. The molecule has 3 atom stereocenters. The number of rotatable bonds is 5. The van der Waals surface area contributed by atoms with Gasteiger partial charge in [0.25, 0.3) is 0 Å². The van der Waals surface area contributed by atoms with Gasteiger partial charge < -0.3 is 4.90 Å². The third kappa shape index (κ3) is 6.52. The second-order valence-electron chi connectivity index (χ2n) is 13.9. The molecule has 1 saturated heterocycles. The lowest BCUT2D eigenvalue weighted by molar-refractivity contribution is -0.139. The van der Waals surface area contributed by atoms with Crippen molar-refractivity contribution in [2.24, 2.45) is 5.41 Å². The maximum atomic E-state index is 14.5. The number of benzene rings is 1. The zero-order chi connectivity index (χ0) is 34.4. The van der Waals surface area contributed by atoms with Crippen LogP contribution in [0.2, 0.25) is 0 Å². The second kappa shape index (κ2) is 13.2. The smallest absolute Gasteiger partial charge is 0.245 e. The van der Waals surface area contributed by atoms with Crippen molar-refractivity contribution < 1.29 is 19.2 Å². The summed E-state index contributed by atoms with van der Waals surface area (Å²) in [6, 6.07) is 7.02. The highest BCUT2D eigenvalue weighted by Crippen LogP contribution is 2.62. The van der Waals surface area contributed by atoms with Gasteiger partial charge in [-0.05, 0) is 109 Å². The second-order valence-corrected chi connectivity index (χ2v) is 14.7. The summed E-state index contributed by atoms with van der Waals surface area (Å²) in [7, 11) is 0. The molecule has 11 heteroatoms. The van der Waals surface area contributed by atoms with Crippen molar-refractivity contribution in [3.63, 3.8) is 0 Å². The van der Waals surface area contributed by atoms with Crippen molar-refractivity contribution in [3.8, 4) is 11.1 Å². The molecule has 0 radical (unpaired) electrons. The van der Waals surface area contributed by atoms with E-state index in [1.165, 1.54) is 6.92 Å². The molecule has 0 spiro atoms. The van der Waals surface area contributed by atoms with Gasteiger partial charge in [-0.15, -0.1) is 0 Å². The maximum absolute atomic E-state index is 14.5. The molecule has 1 amide bonds. The molecule has 2 fully saturated rings. The topological polar surface area (TPSA) is 128 Å². The lowest BCUT2D eigenvalue weighted by Crippen LogP contribution is -2.45. The number of hydrogen-bond donors (Lipinski definition) is 0. The van der Waals surface area contributed by atoms with Gasteiger partial charge in [0.15, 0.2) is 11.6 Å². The van der Waals surface area contributed by atoms with Crippen LogP contribution in [0.5, 0.6) is 0 Å². The molecule has 0 unspecified atom stereocenters. The minimum atomic E-state index is -0.620. The van der Waals surface area contributed by atoms with Crippen molar-refractivity contribution in [2.45, 2.75) is 97.2 Å². The average molecular weight is 724 g/mol. The van der Waals surface area contributed by atoms with E-state index in [9.17, 15) is 19.2 Å². The standard InChI is InChI=1S/C38H39BrN6O4/c1-22-10-11-34(39)42-30(22)16-32(48)31-17-38-13-12-28(47)9-7-5-4-6-8-25-14-26(27-19-40-24(3)41-20-27)15-29-36(23(2)46)43-44(37(25)29)21-35(49)45(31)33(38)18-38/h4,6,10-11,14-15,19-20,31,33H,5,7-9,12-13,16-18,21H2,1-3H3/t31-,33+,38-/m0/s1. The molecule has 10 nitrogen and oxygen atoms in total. The molecule has 3 aromatic heterocycles. The highest BCUT2D eigenvalue weighted by atomic mass is 79.9. The summed E-state index contributed by atoms with van der Waals surface area (Å²) < 4.78 is 2.31. The van der Waals surface area contributed by atoms with Crippen LogP contribution < -0.4 is 0 Å². The van der Waals surface area contributed by atoms with E-state index in [0.29, 0.717) is 59.3 Å². The SMILES string of the molecule is CC(=O)c1nn2c3c(cc(-c4cnc(C)nc4)cc13)CC=CCCCC(=O)CC[C@@]13C[C@@H](C(=O)Cc4nc(Br)ccc4C)N(C(=O)C2)[C@@H]1C3. The number of aromatic nitrogens is 5. The monoisotopic (exact) mass is 722 g/mol. The Balaban J connectivity index is 1.30. The summed E-state index contributed by atoms with van der Waals surface area (Å²) in [6.07, 6.45) is 12.8. The highest BCUT2D eigenvalue weighted by Gasteiger charge is 2.66. The van der Waals surface area contributed by atoms with E-state index in [4.69, 9.17) is 5.10 Å². The van der Waals surface area contributed by atoms with Gasteiger partial charge in [0, 0.05) is 49.2 Å². The van der Waals surface area contributed by atoms with Crippen LogP contribution in [-0.2, 0) is 33.8 Å². The van der Waals surface area contributed by atoms with Gasteiger partial charge in [-0.3, -0.25) is 23.9 Å². The molecule has 2 bridgehead atoms. The zero-order valence-electron chi connectivity index (χ0n) is 28.0. The van der Waals surface area contributed by atoms with E-state index in [2.05, 4.69) is 43.0 Å². The summed E-state index contributed by atoms with van der Waals surface area (Å²) in [5.41, 5.74) is 4.94. The van der Waals surface area contributed by atoms with E-state index in [1.54, 1.807) is 22.0 Å². The van der Waals surface area contributed by atoms with Gasteiger partial charge in [-0.1, -0.05) is 18.2 Å². The Labute approximate surface area is 293 Å². The summed E-state index contributed by atoms with van der Waals surface area (Å²) >= 11 is 3.42. The first-order valence-electron chi connectivity index (χ1n) is 17.0. The van der Waals surface area contributed by atoms with E-state index in [0.717, 1.165) is 47.0 Å². The average Bonchev–Trinajstić information content (AvgIpc) is 3.48. The highest BCUT2D eigenvalue weighted by molar-refractivity contribution is 9.10. The Hall–Kier alpha value is -4.38. The lowest BCUT2D eigenvalue weighted by atomic mass is 9.90. The molecular formula is C38H39BrN6O4. The van der Waals surface area contributed by atoms with Crippen LogP contribution in [-0.4, -0.2) is 65.0 Å². The van der Waals surface area contributed by atoms with Crippen LogP contribution in [0.25, 0.3) is 22.0 Å². The van der Waals surface area contributed by atoms with Crippen LogP contribution in [0.1, 0.15) is 85.0 Å². The first kappa shape index (κ1) is 33.1. The Morgan fingerprint density at radius 3 is 2.59 bits per heavy atom. The van der Waals surface area contributed by atoms with Gasteiger partial charge in [-0.25, -0.2) is 15.0 Å². The fourth-order valence-corrected chi connectivity index (χ4v) is 8.09.